The lowest BCUT2D eigenvalue weighted by Gasteiger charge is -2.33. The molecule has 1 aliphatic rings. The molecular formula is C10H22N2. The second-order valence-corrected chi connectivity index (χ2v) is 4.19. The van der Waals surface area contributed by atoms with Crippen LogP contribution in [0.3, 0.4) is 0 Å². The first-order valence-corrected chi connectivity index (χ1v) is 5.14. The molecular weight excluding hydrogens is 148 g/mol. The third-order valence-corrected chi connectivity index (χ3v) is 2.68. The highest BCUT2D eigenvalue weighted by Gasteiger charge is 2.17. The van der Waals surface area contributed by atoms with Crippen molar-refractivity contribution in [2.45, 2.75) is 45.2 Å². The van der Waals surface area contributed by atoms with E-state index in [0.29, 0.717) is 6.04 Å². The Kier molecular flexibility index (Phi) is 4.02. The summed E-state index contributed by atoms with van der Waals surface area (Å²) in [5.41, 5.74) is 0. The molecule has 72 valence electrons. The monoisotopic (exact) mass is 170 g/mol. The molecule has 0 radical (unpaired) electrons. The SMILES string of the molecule is CC(C)NCC1CCCCN1C. The van der Waals surface area contributed by atoms with Crippen LogP contribution in [0.5, 0.6) is 0 Å². The highest BCUT2D eigenvalue weighted by Crippen LogP contribution is 2.13. The van der Waals surface area contributed by atoms with E-state index in [-0.39, 0.29) is 0 Å². The number of likely N-dealkylation sites (N-methyl/N-ethyl adjacent to an activating group) is 1. The smallest absolute Gasteiger partial charge is 0.0217 e. The van der Waals surface area contributed by atoms with Crippen LogP contribution in [-0.2, 0) is 0 Å². The van der Waals surface area contributed by atoms with Crippen LogP contribution in [0, 0.1) is 0 Å². The maximum atomic E-state index is 3.50. The van der Waals surface area contributed by atoms with Crippen LogP contribution in [0.15, 0.2) is 0 Å². The number of hydrogen-bond donors (Lipinski definition) is 1. The van der Waals surface area contributed by atoms with Gasteiger partial charge in [0.25, 0.3) is 0 Å². The zero-order valence-electron chi connectivity index (χ0n) is 8.64. The first-order valence-electron chi connectivity index (χ1n) is 5.14. The molecule has 1 saturated heterocycles. The summed E-state index contributed by atoms with van der Waals surface area (Å²) in [6.45, 7) is 6.87. The highest BCUT2D eigenvalue weighted by molar-refractivity contribution is 4.76. The molecule has 1 unspecified atom stereocenters. The van der Waals surface area contributed by atoms with Gasteiger partial charge in [0.05, 0.1) is 0 Å². The van der Waals surface area contributed by atoms with Crippen molar-refractivity contribution in [1.82, 2.24) is 10.2 Å². The molecule has 0 aromatic heterocycles. The fourth-order valence-electron chi connectivity index (χ4n) is 1.77. The number of rotatable bonds is 3. The number of likely N-dealkylation sites (tertiary alicyclic amines) is 1. The number of piperidine rings is 1. The first kappa shape index (κ1) is 10.0. The Morgan fingerprint density at radius 1 is 1.42 bits per heavy atom. The Morgan fingerprint density at radius 2 is 2.17 bits per heavy atom. The van der Waals surface area contributed by atoms with Crippen LogP contribution in [-0.4, -0.2) is 37.1 Å². The lowest BCUT2D eigenvalue weighted by atomic mass is 10.0. The normalized spacial score (nSPS) is 26.5. The van der Waals surface area contributed by atoms with Crippen LogP contribution < -0.4 is 5.32 Å². The fourth-order valence-corrected chi connectivity index (χ4v) is 1.77. The second-order valence-electron chi connectivity index (χ2n) is 4.19. The minimum Gasteiger partial charge on any atom is -0.313 e. The third kappa shape index (κ3) is 3.11. The molecule has 1 N–H and O–H groups in total. The molecule has 2 heteroatoms. The molecule has 1 atom stereocenters. The summed E-state index contributed by atoms with van der Waals surface area (Å²) >= 11 is 0. The Balaban J connectivity index is 2.20. The van der Waals surface area contributed by atoms with Crippen LogP contribution in [0.2, 0.25) is 0 Å². The van der Waals surface area contributed by atoms with Gasteiger partial charge in [0.2, 0.25) is 0 Å². The minimum atomic E-state index is 0.625. The lowest BCUT2D eigenvalue weighted by Crippen LogP contribution is -2.44. The Labute approximate surface area is 76.3 Å². The largest absolute Gasteiger partial charge is 0.313 e. The lowest BCUT2D eigenvalue weighted by molar-refractivity contribution is 0.179. The number of nitrogens with zero attached hydrogens (tertiary/aromatic N) is 1. The number of nitrogens with one attached hydrogen (secondary N) is 1. The standard InChI is InChI=1S/C10H22N2/c1-9(2)11-8-10-6-4-5-7-12(10)3/h9-11H,4-8H2,1-3H3. The van der Waals surface area contributed by atoms with Crippen molar-refractivity contribution in [3.8, 4) is 0 Å². The minimum absolute atomic E-state index is 0.625. The van der Waals surface area contributed by atoms with Crippen molar-refractivity contribution in [2.24, 2.45) is 0 Å². The summed E-state index contributed by atoms with van der Waals surface area (Å²) in [6, 6.07) is 1.40. The van der Waals surface area contributed by atoms with E-state index in [1.54, 1.807) is 0 Å². The summed E-state index contributed by atoms with van der Waals surface area (Å²) in [4.78, 5) is 2.48. The summed E-state index contributed by atoms with van der Waals surface area (Å²) in [5, 5.41) is 3.50. The van der Waals surface area contributed by atoms with Gasteiger partial charge in [0.1, 0.15) is 0 Å². The molecule has 0 aromatic carbocycles. The van der Waals surface area contributed by atoms with E-state index < -0.39 is 0 Å². The van der Waals surface area contributed by atoms with Gasteiger partial charge in [-0.2, -0.15) is 0 Å². The van der Waals surface area contributed by atoms with Gasteiger partial charge in [-0.1, -0.05) is 20.3 Å². The van der Waals surface area contributed by atoms with Gasteiger partial charge >= 0.3 is 0 Å². The van der Waals surface area contributed by atoms with Gasteiger partial charge < -0.3 is 10.2 Å². The Bertz CT molecular complexity index is 123. The molecule has 0 aromatic rings. The topological polar surface area (TPSA) is 15.3 Å². The van der Waals surface area contributed by atoms with Crippen LogP contribution in [0.25, 0.3) is 0 Å². The molecule has 1 aliphatic heterocycles. The Hall–Kier alpha value is -0.0800. The molecule has 12 heavy (non-hydrogen) atoms. The van der Waals surface area contributed by atoms with Crippen LogP contribution in [0.4, 0.5) is 0 Å². The molecule has 0 bridgehead atoms. The third-order valence-electron chi connectivity index (χ3n) is 2.68. The van der Waals surface area contributed by atoms with Gasteiger partial charge in [0.15, 0.2) is 0 Å². The molecule has 2 nitrogen and oxygen atoms in total. The van der Waals surface area contributed by atoms with Gasteiger partial charge in [-0.15, -0.1) is 0 Å². The summed E-state index contributed by atoms with van der Waals surface area (Å²) in [6.07, 6.45) is 4.17. The van der Waals surface area contributed by atoms with Crippen LogP contribution >= 0.6 is 0 Å². The first-order chi connectivity index (χ1) is 5.70. The van der Waals surface area contributed by atoms with Gasteiger partial charge in [-0.3, -0.25) is 0 Å². The van der Waals surface area contributed by atoms with E-state index in [1.807, 2.05) is 0 Å². The summed E-state index contributed by atoms with van der Waals surface area (Å²) < 4.78 is 0. The van der Waals surface area contributed by atoms with Crippen LogP contribution in [0.1, 0.15) is 33.1 Å². The highest BCUT2D eigenvalue weighted by atomic mass is 15.2. The maximum absolute atomic E-state index is 3.50. The van der Waals surface area contributed by atoms with Crippen molar-refractivity contribution in [3.63, 3.8) is 0 Å². The van der Waals surface area contributed by atoms with E-state index in [2.05, 4.69) is 31.1 Å². The van der Waals surface area contributed by atoms with E-state index >= 15 is 0 Å². The average Bonchev–Trinajstić information content (AvgIpc) is 2.03. The zero-order chi connectivity index (χ0) is 8.97. The van der Waals surface area contributed by atoms with Gasteiger partial charge in [-0.05, 0) is 26.4 Å². The molecule has 1 rings (SSSR count). The number of hydrogen-bond acceptors (Lipinski definition) is 2. The van der Waals surface area contributed by atoms with Crippen molar-refractivity contribution < 1.29 is 0 Å². The van der Waals surface area contributed by atoms with Crippen molar-refractivity contribution in [3.05, 3.63) is 0 Å². The predicted molar refractivity (Wildman–Crippen MR) is 53.4 cm³/mol. The van der Waals surface area contributed by atoms with Gasteiger partial charge in [0, 0.05) is 18.6 Å². The van der Waals surface area contributed by atoms with Gasteiger partial charge in [-0.25, -0.2) is 0 Å². The van der Waals surface area contributed by atoms with E-state index in [1.165, 1.54) is 25.8 Å². The zero-order valence-corrected chi connectivity index (χ0v) is 8.64. The molecule has 0 amide bonds. The molecule has 0 saturated carbocycles. The quantitative estimate of drug-likeness (QED) is 0.690. The van der Waals surface area contributed by atoms with E-state index in [4.69, 9.17) is 0 Å². The predicted octanol–water partition coefficient (Wildman–Crippen LogP) is 1.47. The molecule has 1 fully saturated rings. The molecule has 0 spiro atoms. The maximum Gasteiger partial charge on any atom is 0.0217 e. The Morgan fingerprint density at radius 3 is 2.75 bits per heavy atom. The summed E-state index contributed by atoms with van der Waals surface area (Å²) in [5.74, 6) is 0. The fraction of sp³-hybridized carbons (Fsp3) is 1.00. The van der Waals surface area contributed by atoms with Crippen molar-refractivity contribution >= 4 is 0 Å². The molecule has 0 aliphatic carbocycles. The van der Waals surface area contributed by atoms with E-state index in [0.717, 1.165) is 12.6 Å². The van der Waals surface area contributed by atoms with Crippen molar-refractivity contribution in [2.75, 3.05) is 20.1 Å². The molecule has 1 heterocycles. The summed E-state index contributed by atoms with van der Waals surface area (Å²) in [7, 11) is 2.24. The average molecular weight is 170 g/mol. The van der Waals surface area contributed by atoms with E-state index in [9.17, 15) is 0 Å². The second kappa shape index (κ2) is 4.83. The van der Waals surface area contributed by atoms with Crippen molar-refractivity contribution in [1.29, 1.82) is 0 Å².